The predicted molar refractivity (Wildman–Crippen MR) is 76.3 cm³/mol. The SMILES string of the molecule is CC1CCCCC1N(C)c1ncnc(NN)c1[N+](=O)[O-]. The van der Waals surface area contributed by atoms with E-state index in [0.717, 1.165) is 19.3 Å². The highest BCUT2D eigenvalue weighted by atomic mass is 16.6. The molecule has 1 fully saturated rings. The number of hydrogen-bond acceptors (Lipinski definition) is 7. The second kappa shape index (κ2) is 6.00. The Balaban J connectivity index is 2.38. The summed E-state index contributed by atoms with van der Waals surface area (Å²) in [6, 6.07) is 0.253. The third-order valence-electron chi connectivity index (χ3n) is 4.02. The molecule has 0 radical (unpaired) electrons. The number of nitrogens with one attached hydrogen (secondary N) is 1. The first-order valence-corrected chi connectivity index (χ1v) is 6.75. The van der Waals surface area contributed by atoms with Gasteiger partial charge in [-0.05, 0) is 18.8 Å². The Kier molecular flexibility index (Phi) is 4.33. The summed E-state index contributed by atoms with van der Waals surface area (Å²) in [7, 11) is 1.85. The van der Waals surface area contributed by atoms with Crippen LogP contribution in [0.15, 0.2) is 6.33 Å². The average molecular weight is 280 g/mol. The summed E-state index contributed by atoms with van der Waals surface area (Å²) in [4.78, 5) is 20.6. The molecule has 1 aromatic rings. The summed E-state index contributed by atoms with van der Waals surface area (Å²) in [6.07, 6.45) is 5.80. The van der Waals surface area contributed by atoms with Crippen molar-refractivity contribution >= 4 is 17.3 Å². The van der Waals surface area contributed by atoms with Gasteiger partial charge in [-0.25, -0.2) is 15.8 Å². The smallest absolute Gasteiger partial charge is 0.351 e. The molecule has 1 aliphatic rings. The monoisotopic (exact) mass is 280 g/mol. The fourth-order valence-corrected chi connectivity index (χ4v) is 2.93. The van der Waals surface area contributed by atoms with Crippen LogP contribution in [-0.2, 0) is 0 Å². The molecule has 8 nitrogen and oxygen atoms in total. The van der Waals surface area contributed by atoms with Crippen molar-refractivity contribution in [3.8, 4) is 0 Å². The van der Waals surface area contributed by atoms with Crippen molar-refractivity contribution in [1.82, 2.24) is 9.97 Å². The maximum Gasteiger partial charge on any atom is 0.354 e. The largest absolute Gasteiger partial charge is 0.354 e. The van der Waals surface area contributed by atoms with Gasteiger partial charge in [-0.1, -0.05) is 19.8 Å². The summed E-state index contributed by atoms with van der Waals surface area (Å²) in [6.45, 7) is 2.18. The minimum atomic E-state index is -0.492. The van der Waals surface area contributed by atoms with Crippen molar-refractivity contribution in [2.24, 2.45) is 11.8 Å². The van der Waals surface area contributed by atoms with Crippen molar-refractivity contribution in [3.05, 3.63) is 16.4 Å². The summed E-state index contributed by atoms with van der Waals surface area (Å²) < 4.78 is 0. The van der Waals surface area contributed by atoms with E-state index in [0.29, 0.717) is 11.7 Å². The molecule has 0 spiro atoms. The molecular formula is C12H20N6O2. The number of aromatic nitrogens is 2. The van der Waals surface area contributed by atoms with Gasteiger partial charge in [-0.3, -0.25) is 10.1 Å². The van der Waals surface area contributed by atoms with Crippen LogP contribution in [0.5, 0.6) is 0 Å². The molecule has 1 heterocycles. The van der Waals surface area contributed by atoms with E-state index in [-0.39, 0.29) is 17.5 Å². The Morgan fingerprint density at radius 3 is 2.75 bits per heavy atom. The topological polar surface area (TPSA) is 110 Å². The summed E-state index contributed by atoms with van der Waals surface area (Å²) >= 11 is 0. The van der Waals surface area contributed by atoms with Crippen LogP contribution >= 0.6 is 0 Å². The van der Waals surface area contributed by atoms with E-state index >= 15 is 0 Å². The van der Waals surface area contributed by atoms with Gasteiger partial charge < -0.3 is 10.3 Å². The lowest BCUT2D eigenvalue weighted by Gasteiger charge is -2.36. The Morgan fingerprint density at radius 2 is 2.15 bits per heavy atom. The van der Waals surface area contributed by atoms with Crippen molar-refractivity contribution in [2.45, 2.75) is 38.6 Å². The number of hydrazine groups is 1. The number of nitrogens with zero attached hydrogens (tertiary/aromatic N) is 4. The minimum Gasteiger partial charge on any atom is -0.351 e. The van der Waals surface area contributed by atoms with Crippen LogP contribution in [0.1, 0.15) is 32.6 Å². The van der Waals surface area contributed by atoms with Gasteiger partial charge in [0.2, 0.25) is 11.6 Å². The van der Waals surface area contributed by atoms with Crippen LogP contribution in [-0.4, -0.2) is 28.0 Å². The molecule has 2 atom stereocenters. The lowest BCUT2D eigenvalue weighted by Crippen LogP contribution is -2.39. The first-order valence-electron chi connectivity index (χ1n) is 6.75. The van der Waals surface area contributed by atoms with Crippen molar-refractivity contribution < 1.29 is 4.92 Å². The van der Waals surface area contributed by atoms with Crippen LogP contribution in [0.25, 0.3) is 0 Å². The van der Waals surface area contributed by atoms with Crippen molar-refractivity contribution in [1.29, 1.82) is 0 Å². The molecule has 0 saturated heterocycles. The lowest BCUT2D eigenvalue weighted by molar-refractivity contribution is -0.383. The van der Waals surface area contributed by atoms with Gasteiger partial charge >= 0.3 is 5.69 Å². The van der Waals surface area contributed by atoms with Crippen LogP contribution in [0.4, 0.5) is 17.3 Å². The van der Waals surface area contributed by atoms with E-state index in [2.05, 4.69) is 22.3 Å². The Hall–Kier alpha value is -1.96. The number of anilines is 2. The fourth-order valence-electron chi connectivity index (χ4n) is 2.93. The molecule has 20 heavy (non-hydrogen) atoms. The third-order valence-corrected chi connectivity index (χ3v) is 4.02. The molecule has 1 aliphatic carbocycles. The first-order chi connectivity index (χ1) is 9.56. The minimum absolute atomic E-state index is 0.0373. The zero-order chi connectivity index (χ0) is 14.7. The Morgan fingerprint density at radius 1 is 1.45 bits per heavy atom. The van der Waals surface area contributed by atoms with Gasteiger partial charge in [0.1, 0.15) is 6.33 Å². The highest BCUT2D eigenvalue weighted by molar-refractivity contribution is 5.69. The van der Waals surface area contributed by atoms with Crippen LogP contribution in [0.3, 0.4) is 0 Å². The van der Waals surface area contributed by atoms with E-state index in [9.17, 15) is 10.1 Å². The van der Waals surface area contributed by atoms with Crippen LogP contribution in [0.2, 0.25) is 0 Å². The number of rotatable bonds is 4. The van der Waals surface area contributed by atoms with E-state index in [1.165, 1.54) is 12.7 Å². The van der Waals surface area contributed by atoms with Gasteiger partial charge in [-0.15, -0.1) is 0 Å². The summed E-state index contributed by atoms with van der Waals surface area (Å²) in [5.74, 6) is 6.14. The molecule has 0 aromatic carbocycles. The molecule has 1 saturated carbocycles. The zero-order valence-corrected chi connectivity index (χ0v) is 11.7. The predicted octanol–water partition coefficient (Wildman–Crippen LogP) is 1.69. The summed E-state index contributed by atoms with van der Waals surface area (Å²) in [5.41, 5.74) is 2.10. The molecule has 0 aliphatic heterocycles. The second-order valence-electron chi connectivity index (χ2n) is 5.24. The van der Waals surface area contributed by atoms with Gasteiger partial charge in [0.15, 0.2) is 0 Å². The highest BCUT2D eigenvalue weighted by Gasteiger charge is 2.32. The van der Waals surface area contributed by atoms with E-state index in [1.807, 2.05) is 11.9 Å². The standard InChI is InChI=1S/C12H20N6O2/c1-8-5-3-4-6-9(8)17(2)12-10(18(19)20)11(16-13)14-7-15-12/h7-9H,3-6,13H2,1-2H3,(H,14,15,16). The second-order valence-corrected chi connectivity index (χ2v) is 5.24. The average Bonchev–Trinajstić information content (AvgIpc) is 2.46. The Bertz CT molecular complexity index is 495. The number of nitrogen functional groups attached to an aromatic ring is 1. The molecule has 8 heteroatoms. The summed E-state index contributed by atoms with van der Waals surface area (Å²) in [5, 5.41) is 11.3. The molecule has 110 valence electrons. The Labute approximate surface area is 117 Å². The lowest BCUT2D eigenvalue weighted by atomic mass is 9.85. The molecule has 0 amide bonds. The normalized spacial score (nSPS) is 22.4. The molecule has 2 unspecified atom stereocenters. The van der Waals surface area contributed by atoms with Gasteiger partial charge in [0, 0.05) is 13.1 Å². The van der Waals surface area contributed by atoms with E-state index < -0.39 is 4.92 Å². The van der Waals surface area contributed by atoms with Crippen molar-refractivity contribution in [2.75, 3.05) is 17.4 Å². The maximum atomic E-state index is 11.3. The van der Waals surface area contributed by atoms with Gasteiger partial charge in [0.25, 0.3) is 0 Å². The quantitative estimate of drug-likeness (QED) is 0.490. The number of hydrogen-bond donors (Lipinski definition) is 2. The van der Waals surface area contributed by atoms with Gasteiger partial charge in [-0.2, -0.15) is 0 Å². The fraction of sp³-hybridized carbons (Fsp3) is 0.667. The number of nitrogens with two attached hydrogens (primary N) is 1. The molecule has 2 rings (SSSR count). The molecular weight excluding hydrogens is 260 g/mol. The van der Waals surface area contributed by atoms with Crippen LogP contribution in [0, 0.1) is 16.0 Å². The highest BCUT2D eigenvalue weighted by Crippen LogP contribution is 2.35. The maximum absolute atomic E-state index is 11.3. The molecule has 0 bridgehead atoms. The van der Waals surface area contributed by atoms with Gasteiger partial charge in [0.05, 0.1) is 4.92 Å². The van der Waals surface area contributed by atoms with E-state index in [4.69, 9.17) is 5.84 Å². The first kappa shape index (κ1) is 14.4. The zero-order valence-electron chi connectivity index (χ0n) is 11.7. The molecule has 3 N–H and O–H groups in total. The molecule has 1 aromatic heterocycles. The van der Waals surface area contributed by atoms with Crippen molar-refractivity contribution in [3.63, 3.8) is 0 Å². The third kappa shape index (κ3) is 2.64. The number of nitro groups is 1. The van der Waals surface area contributed by atoms with E-state index in [1.54, 1.807) is 0 Å². The van der Waals surface area contributed by atoms with Crippen LogP contribution < -0.4 is 16.2 Å².